The van der Waals surface area contributed by atoms with E-state index in [1.54, 1.807) is 0 Å². The molecule has 1 atom stereocenters. The smallest absolute Gasteiger partial charge is 0.333 e. The lowest BCUT2D eigenvalue weighted by Gasteiger charge is -1.99. The number of H-pyrrole nitrogens is 2. The van der Waals surface area contributed by atoms with Gasteiger partial charge in [0.2, 0.25) is 0 Å². The zero-order valence-electron chi connectivity index (χ0n) is 7.28. The lowest BCUT2D eigenvalue weighted by molar-refractivity contribution is 0.380. The van der Waals surface area contributed by atoms with Crippen LogP contribution in [0.3, 0.4) is 0 Å². The Kier molecular flexibility index (Phi) is 2.08. The monoisotopic (exact) mass is 199 g/mol. The molecule has 0 aromatic carbocycles. The van der Waals surface area contributed by atoms with Gasteiger partial charge in [0.25, 0.3) is 0 Å². The van der Waals surface area contributed by atoms with Crippen LogP contribution in [-0.2, 0) is 11.3 Å². The zero-order chi connectivity index (χ0) is 10.1. The minimum Gasteiger partial charge on any atom is -0.373 e. The van der Waals surface area contributed by atoms with Crippen LogP contribution in [0.25, 0.3) is 0 Å². The molecule has 0 bridgehead atoms. The van der Waals surface area contributed by atoms with E-state index in [0.717, 1.165) is 4.57 Å². The Bertz CT molecular complexity index is 458. The number of nitrogens with one attached hydrogen (secondary N) is 2. The topological polar surface area (TPSA) is 100 Å². The fourth-order valence-corrected chi connectivity index (χ4v) is 1.16. The summed E-state index contributed by atoms with van der Waals surface area (Å²) in [7, 11) is 0. The predicted molar refractivity (Wildman–Crippen MR) is 46.3 cm³/mol. The molecule has 76 valence electrons. The second-order valence-electron chi connectivity index (χ2n) is 3.09. The fraction of sp³-hybridized carbons (Fsp3) is 0.571. The second-order valence-corrected chi connectivity index (χ2v) is 3.09. The molecule has 1 fully saturated rings. The number of hydrogen-bond acceptors (Lipinski definition) is 4. The van der Waals surface area contributed by atoms with Gasteiger partial charge in [-0.05, 0) is 6.42 Å². The summed E-state index contributed by atoms with van der Waals surface area (Å²) in [6.45, 7) is 0.936. The fourth-order valence-electron chi connectivity index (χ4n) is 1.16. The maximum Gasteiger partial charge on any atom is 0.333 e. The predicted octanol–water partition coefficient (Wildman–Crippen LogP) is -1.99. The number of aromatic amines is 2. The van der Waals surface area contributed by atoms with Crippen LogP contribution >= 0.6 is 0 Å². The standard InChI is InChI=1S/C7H9N3O4/c11-5-8-6(12)10(7(13)9-5)2-1-4-3-14-4/h4H,1-3H2,(H2,8,9,11,12,13). The normalized spacial score (nSPS) is 19.6. The Morgan fingerprint density at radius 2 is 1.86 bits per heavy atom. The van der Waals surface area contributed by atoms with Gasteiger partial charge in [-0.1, -0.05) is 0 Å². The van der Waals surface area contributed by atoms with Crippen LogP contribution in [0.4, 0.5) is 0 Å². The van der Waals surface area contributed by atoms with Crippen molar-refractivity contribution in [3.05, 3.63) is 31.5 Å². The van der Waals surface area contributed by atoms with Gasteiger partial charge >= 0.3 is 17.1 Å². The molecule has 2 heterocycles. The highest BCUT2D eigenvalue weighted by molar-refractivity contribution is 4.73. The van der Waals surface area contributed by atoms with Crippen LogP contribution in [-0.4, -0.2) is 27.2 Å². The summed E-state index contributed by atoms with van der Waals surface area (Å²) in [4.78, 5) is 36.9. The van der Waals surface area contributed by atoms with Crippen LogP contribution in [0.1, 0.15) is 6.42 Å². The Balaban J connectivity index is 2.27. The molecule has 2 N–H and O–H groups in total. The van der Waals surface area contributed by atoms with Crippen molar-refractivity contribution >= 4 is 0 Å². The van der Waals surface area contributed by atoms with Crippen molar-refractivity contribution in [2.45, 2.75) is 19.1 Å². The molecule has 0 spiro atoms. The van der Waals surface area contributed by atoms with Gasteiger partial charge in [0.15, 0.2) is 0 Å². The molecule has 0 radical (unpaired) electrons. The Morgan fingerprint density at radius 1 is 1.29 bits per heavy atom. The van der Waals surface area contributed by atoms with E-state index in [1.807, 2.05) is 9.97 Å². The first-order valence-electron chi connectivity index (χ1n) is 4.22. The molecule has 1 aromatic rings. The molecule has 0 aliphatic carbocycles. The highest BCUT2D eigenvalue weighted by Gasteiger charge is 2.22. The molecule has 0 saturated carbocycles. The van der Waals surface area contributed by atoms with Crippen molar-refractivity contribution < 1.29 is 4.74 Å². The van der Waals surface area contributed by atoms with Gasteiger partial charge in [-0.2, -0.15) is 0 Å². The van der Waals surface area contributed by atoms with Gasteiger partial charge in [0.1, 0.15) is 0 Å². The average molecular weight is 199 g/mol. The Labute approximate surface area is 77.4 Å². The van der Waals surface area contributed by atoms with Crippen molar-refractivity contribution in [1.29, 1.82) is 0 Å². The van der Waals surface area contributed by atoms with Crippen molar-refractivity contribution in [3.63, 3.8) is 0 Å². The molecule has 2 rings (SSSR count). The maximum absolute atomic E-state index is 11.1. The summed E-state index contributed by atoms with van der Waals surface area (Å²) in [5, 5.41) is 0. The number of epoxide rings is 1. The van der Waals surface area contributed by atoms with Crippen LogP contribution in [0.15, 0.2) is 14.4 Å². The summed E-state index contributed by atoms with van der Waals surface area (Å²) in [5.41, 5.74) is -2.14. The maximum atomic E-state index is 11.1. The minimum absolute atomic E-state index is 0.147. The third-order valence-corrected chi connectivity index (χ3v) is 2.01. The number of hydrogen-bond donors (Lipinski definition) is 2. The van der Waals surface area contributed by atoms with E-state index < -0.39 is 17.1 Å². The summed E-state index contributed by atoms with van der Waals surface area (Å²) >= 11 is 0. The van der Waals surface area contributed by atoms with Crippen LogP contribution in [0.5, 0.6) is 0 Å². The molecular formula is C7H9N3O4. The molecule has 7 nitrogen and oxygen atoms in total. The van der Waals surface area contributed by atoms with E-state index >= 15 is 0 Å². The van der Waals surface area contributed by atoms with Crippen molar-refractivity contribution in [2.75, 3.05) is 6.61 Å². The van der Waals surface area contributed by atoms with E-state index in [-0.39, 0.29) is 12.6 Å². The highest BCUT2D eigenvalue weighted by Crippen LogP contribution is 2.12. The number of ether oxygens (including phenoxy) is 1. The average Bonchev–Trinajstić information content (AvgIpc) is 2.85. The Morgan fingerprint density at radius 3 is 2.36 bits per heavy atom. The summed E-state index contributed by atoms with van der Waals surface area (Å²) < 4.78 is 5.88. The lowest BCUT2D eigenvalue weighted by Crippen LogP contribution is -2.43. The van der Waals surface area contributed by atoms with E-state index in [1.165, 1.54) is 0 Å². The molecule has 1 saturated heterocycles. The summed E-state index contributed by atoms with van der Waals surface area (Å²) in [6.07, 6.45) is 0.753. The number of nitrogens with zero attached hydrogens (tertiary/aromatic N) is 1. The minimum atomic E-state index is -0.779. The quantitative estimate of drug-likeness (QED) is 0.550. The third-order valence-electron chi connectivity index (χ3n) is 2.01. The number of rotatable bonds is 3. The van der Waals surface area contributed by atoms with Crippen LogP contribution in [0.2, 0.25) is 0 Å². The first-order valence-corrected chi connectivity index (χ1v) is 4.22. The van der Waals surface area contributed by atoms with Gasteiger partial charge in [-0.3, -0.25) is 9.97 Å². The summed E-state index contributed by atoms with van der Waals surface area (Å²) in [5.74, 6) is 0. The largest absolute Gasteiger partial charge is 0.373 e. The molecule has 1 aliphatic heterocycles. The van der Waals surface area contributed by atoms with E-state index in [4.69, 9.17) is 4.74 Å². The zero-order valence-corrected chi connectivity index (χ0v) is 7.28. The van der Waals surface area contributed by atoms with E-state index in [0.29, 0.717) is 13.0 Å². The first kappa shape index (κ1) is 8.95. The van der Waals surface area contributed by atoms with Gasteiger partial charge in [0, 0.05) is 6.54 Å². The van der Waals surface area contributed by atoms with Gasteiger partial charge in [0.05, 0.1) is 12.7 Å². The van der Waals surface area contributed by atoms with Gasteiger partial charge in [-0.25, -0.2) is 19.0 Å². The first-order chi connectivity index (χ1) is 6.66. The van der Waals surface area contributed by atoms with E-state index in [2.05, 4.69) is 0 Å². The molecule has 7 heteroatoms. The third kappa shape index (κ3) is 1.82. The SMILES string of the molecule is O=c1[nH]c(=O)n(CCC2CO2)c(=O)[nH]1. The molecule has 1 unspecified atom stereocenters. The second kappa shape index (κ2) is 3.26. The highest BCUT2D eigenvalue weighted by atomic mass is 16.6. The van der Waals surface area contributed by atoms with Crippen molar-refractivity contribution in [3.8, 4) is 0 Å². The molecular weight excluding hydrogens is 190 g/mol. The van der Waals surface area contributed by atoms with Crippen LogP contribution < -0.4 is 17.1 Å². The molecule has 14 heavy (non-hydrogen) atoms. The summed E-state index contributed by atoms with van der Waals surface area (Å²) in [6, 6.07) is 0. The lowest BCUT2D eigenvalue weighted by atomic mass is 10.3. The van der Waals surface area contributed by atoms with Crippen LogP contribution in [0, 0.1) is 0 Å². The Hall–Kier alpha value is -1.63. The van der Waals surface area contributed by atoms with E-state index in [9.17, 15) is 14.4 Å². The van der Waals surface area contributed by atoms with Crippen molar-refractivity contribution in [1.82, 2.24) is 14.5 Å². The molecule has 1 aromatic heterocycles. The number of aromatic nitrogens is 3. The molecule has 1 aliphatic rings. The van der Waals surface area contributed by atoms with Crippen molar-refractivity contribution in [2.24, 2.45) is 0 Å². The van der Waals surface area contributed by atoms with Gasteiger partial charge in [-0.15, -0.1) is 0 Å². The molecule has 0 amide bonds. The van der Waals surface area contributed by atoms with Gasteiger partial charge < -0.3 is 4.74 Å².